The average Bonchev–Trinajstić information content (AvgIpc) is 3.21. The number of hydrogen-bond donors (Lipinski definition) is 2. The van der Waals surface area contributed by atoms with Crippen LogP contribution in [0.15, 0.2) is 30.7 Å². The van der Waals surface area contributed by atoms with E-state index in [0.717, 1.165) is 0 Å². The Bertz CT molecular complexity index is 647. The van der Waals surface area contributed by atoms with Crippen molar-refractivity contribution in [3.63, 3.8) is 0 Å². The minimum atomic E-state index is -0.248. The number of ether oxygens (including phenoxy) is 3. The third-order valence-electron chi connectivity index (χ3n) is 3.53. The molecular weight excluding hydrogens is 300 g/mol. The zero-order valence-corrected chi connectivity index (χ0v) is 12.7. The molecule has 122 valence electrons. The monoisotopic (exact) mass is 318 g/mol. The molecule has 3 rings (SSSR count). The summed E-state index contributed by atoms with van der Waals surface area (Å²) in [6.07, 6.45) is 4.75. The molecule has 23 heavy (non-hydrogen) atoms. The number of pyridine rings is 1. The first-order valence-corrected chi connectivity index (χ1v) is 7.26. The highest BCUT2D eigenvalue weighted by atomic mass is 16.5. The maximum Gasteiger partial charge on any atom is 0.226 e. The second kappa shape index (κ2) is 7.10. The summed E-state index contributed by atoms with van der Waals surface area (Å²) in [5, 5.41) is 9.43. The fraction of sp³-hybridized carbons (Fsp3) is 0.400. The lowest BCUT2D eigenvalue weighted by molar-refractivity contribution is -0.121. The topological polar surface area (TPSA) is 98.4 Å². The predicted molar refractivity (Wildman–Crippen MR) is 80.2 cm³/mol. The number of nitrogens with zero attached hydrogens (tertiary/aromatic N) is 2. The van der Waals surface area contributed by atoms with E-state index in [2.05, 4.69) is 20.5 Å². The number of carbonyl (C=O) groups is 1. The largest absolute Gasteiger partial charge is 0.495 e. The summed E-state index contributed by atoms with van der Waals surface area (Å²) >= 11 is 0. The SMILES string of the molecule is COc1cccnc1CC(=O)N[C@H]1COC[C@H]1Oc1cn[nH]c1. The molecule has 1 fully saturated rings. The molecular formula is C15H18N4O4. The molecule has 0 aromatic carbocycles. The van der Waals surface area contributed by atoms with Crippen molar-refractivity contribution >= 4 is 5.91 Å². The van der Waals surface area contributed by atoms with E-state index >= 15 is 0 Å². The Hall–Kier alpha value is -2.61. The van der Waals surface area contributed by atoms with Gasteiger partial charge in [0.05, 0.1) is 50.9 Å². The van der Waals surface area contributed by atoms with Crippen molar-refractivity contribution < 1.29 is 19.0 Å². The smallest absolute Gasteiger partial charge is 0.226 e. The van der Waals surface area contributed by atoms with Gasteiger partial charge in [-0.15, -0.1) is 0 Å². The normalized spacial score (nSPS) is 20.2. The van der Waals surface area contributed by atoms with Crippen LogP contribution in [-0.4, -0.2) is 53.6 Å². The summed E-state index contributed by atoms with van der Waals surface area (Å²) < 4.78 is 16.4. The van der Waals surface area contributed by atoms with Crippen LogP contribution in [0.25, 0.3) is 0 Å². The fourth-order valence-corrected chi connectivity index (χ4v) is 2.42. The standard InChI is InChI=1S/C15H18N4O4/c1-21-13-3-2-4-16-11(13)5-15(20)19-12-8-22-9-14(12)23-10-6-17-18-7-10/h2-4,6-7,12,14H,5,8-9H2,1H3,(H,17,18)(H,19,20)/t12-,14+/m0/s1. The molecule has 8 nitrogen and oxygen atoms in total. The molecule has 1 amide bonds. The summed E-state index contributed by atoms with van der Waals surface area (Å²) in [6, 6.07) is 3.32. The van der Waals surface area contributed by atoms with Crippen molar-refractivity contribution in [2.75, 3.05) is 20.3 Å². The van der Waals surface area contributed by atoms with Gasteiger partial charge in [-0.2, -0.15) is 5.10 Å². The van der Waals surface area contributed by atoms with E-state index in [0.29, 0.717) is 30.4 Å². The molecule has 1 aliphatic rings. The zero-order valence-electron chi connectivity index (χ0n) is 12.7. The van der Waals surface area contributed by atoms with E-state index < -0.39 is 0 Å². The first-order chi connectivity index (χ1) is 11.3. The van der Waals surface area contributed by atoms with Crippen LogP contribution >= 0.6 is 0 Å². The van der Waals surface area contributed by atoms with Crippen molar-refractivity contribution in [1.82, 2.24) is 20.5 Å². The molecule has 0 bridgehead atoms. The van der Waals surface area contributed by atoms with Gasteiger partial charge in [-0.25, -0.2) is 0 Å². The van der Waals surface area contributed by atoms with E-state index in [1.807, 2.05) is 0 Å². The number of H-pyrrole nitrogens is 1. The molecule has 0 spiro atoms. The summed E-state index contributed by atoms with van der Waals surface area (Å²) in [6.45, 7) is 0.830. The van der Waals surface area contributed by atoms with Crippen LogP contribution in [0.3, 0.4) is 0 Å². The number of aromatic amines is 1. The molecule has 0 saturated carbocycles. The van der Waals surface area contributed by atoms with Crippen LogP contribution in [0.1, 0.15) is 5.69 Å². The highest BCUT2D eigenvalue weighted by Gasteiger charge is 2.31. The molecule has 2 aromatic rings. The number of amides is 1. The minimum Gasteiger partial charge on any atom is -0.495 e. The summed E-state index contributed by atoms with van der Waals surface area (Å²) in [7, 11) is 1.55. The number of nitrogens with one attached hydrogen (secondary N) is 2. The van der Waals surface area contributed by atoms with Gasteiger partial charge in [0.15, 0.2) is 5.75 Å². The van der Waals surface area contributed by atoms with Crippen molar-refractivity contribution in [3.8, 4) is 11.5 Å². The second-order valence-corrected chi connectivity index (χ2v) is 5.13. The fourth-order valence-electron chi connectivity index (χ4n) is 2.42. The maximum absolute atomic E-state index is 12.2. The number of hydrogen-bond acceptors (Lipinski definition) is 6. The van der Waals surface area contributed by atoms with E-state index in [1.54, 1.807) is 37.8 Å². The van der Waals surface area contributed by atoms with Gasteiger partial charge in [0.1, 0.15) is 11.9 Å². The van der Waals surface area contributed by atoms with Gasteiger partial charge in [0.2, 0.25) is 5.91 Å². The molecule has 3 heterocycles. The van der Waals surface area contributed by atoms with Gasteiger partial charge in [-0.1, -0.05) is 0 Å². The van der Waals surface area contributed by atoms with Crippen LogP contribution in [-0.2, 0) is 16.0 Å². The quantitative estimate of drug-likeness (QED) is 0.796. The van der Waals surface area contributed by atoms with E-state index in [1.165, 1.54) is 0 Å². The van der Waals surface area contributed by atoms with Gasteiger partial charge < -0.3 is 19.5 Å². The maximum atomic E-state index is 12.2. The Morgan fingerprint density at radius 3 is 3.22 bits per heavy atom. The first-order valence-electron chi connectivity index (χ1n) is 7.26. The van der Waals surface area contributed by atoms with Crippen molar-refractivity contribution in [1.29, 1.82) is 0 Å². The lowest BCUT2D eigenvalue weighted by Gasteiger charge is -2.19. The Balaban J connectivity index is 1.58. The molecule has 2 aromatic heterocycles. The van der Waals surface area contributed by atoms with Crippen molar-refractivity contribution in [2.45, 2.75) is 18.6 Å². The molecule has 0 aliphatic carbocycles. The zero-order chi connectivity index (χ0) is 16.1. The van der Waals surface area contributed by atoms with Crippen LogP contribution in [0.2, 0.25) is 0 Å². The average molecular weight is 318 g/mol. The van der Waals surface area contributed by atoms with E-state index in [4.69, 9.17) is 14.2 Å². The number of carbonyl (C=O) groups excluding carboxylic acids is 1. The molecule has 0 radical (unpaired) electrons. The molecule has 8 heteroatoms. The van der Waals surface area contributed by atoms with E-state index in [-0.39, 0.29) is 24.5 Å². The number of methoxy groups -OCH3 is 1. The van der Waals surface area contributed by atoms with Crippen LogP contribution < -0.4 is 14.8 Å². The Labute approximate surface area is 133 Å². The first kappa shape index (κ1) is 15.3. The lowest BCUT2D eigenvalue weighted by atomic mass is 10.2. The van der Waals surface area contributed by atoms with Crippen LogP contribution in [0.4, 0.5) is 0 Å². The van der Waals surface area contributed by atoms with Crippen molar-refractivity contribution in [3.05, 3.63) is 36.4 Å². The van der Waals surface area contributed by atoms with Crippen molar-refractivity contribution in [2.24, 2.45) is 0 Å². The minimum absolute atomic E-state index is 0.138. The number of aromatic nitrogens is 3. The summed E-state index contributed by atoms with van der Waals surface area (Å²) in [5.41, 5.74) is 0.596. The predicted octanol–water partition coefficient (Wildman–Crippen LogP) is 0.318. The molecule has 1 saturated heterocycles. The van der Waals surface area contributed by atoms with Crippen LogP contribution in [0, 0.1) is 0 Å². The molecule has 1 aliphatic heterocycles. The highest BCUT2D eigenvalue weighted by Crippen LogP contribution is 2.17. The molecule has 0 unspecified atom stereocenters. The second-order valence-electron chi connectivity index (χ2n) is 5.13. The van der Waals surface area contributed by atoms with Gasteiger partial charge in [-0.3, -0.25) is 14.9 Å². The van der Waals surface area contributed by atoms with Crippen LogP contribution in [0.5, 0.6) is 11.5 Å². The number of rotatable bonds is 6. The Kier molecular flexibility index (Phi) is 4.72. The third-order valence-corrected chi connectivity index (χ3v) is 3.53. The highest BCUT2D eigenvalue weighted by molar-refractivity contribution is 5.79. The summed E-state index contributed by atoms with van der Waals surface area (Å²) in [4.78, 5) is 16.4. The van der Waals surface area contributed by atoms with Gasteiger partial charge in [-0.05, 0) is 12.1 Å². The summed E-state index contributed by atoms with van der Waals surface area (Å²) in [5.74, 6) is 1.06. The molecule has 2 atom stereocenters. The third kappa shape index (κ3) is 3.78. The van der Waals surface area contributed by atoms with E-state index in [9.17, 15) is 4.79 Å². The van der Waals surface area contributed by atoms with Gasteiger partial charge >= 0.3 is 0 Å². The molecule has 2 N–H and O–H groups in total. The van der Waals surface area contributed by atoms with Gasteiger partial charge in [0.25, 0.3) is 0 Å². The Morgan fingerprint density at radius 1 is 1.52 bits per heavy atom. The Morgan fingerprint density at radius 2 is 2.43 bits per heavy atom. The lowest BCUT2D eigenvalue weighted by Crippen LogP contribution is -2.45. The van der Waals surface area contributed by atoms with Gasteiger partial charge in [0, 0.05) is 6.20 Å².